The highest BCUT2D eigenvalue weighted by Crippen LogP contribution is 2.24. The number of likely N-dealkylation sites (tertiary alicyclic amines) is 1. The van der Waals surface area contributed by atoms with Crippen molar-refractivity contribution in [2.24, 2.45) is 16.8 Å². The van der Waals surface area contributed by atoms with E-state index in [9.17, 15) is 4.79 Å². The molecule has 0 aromatic heterocycles. The molecule has 2 atom stereocenters. The fourth-order valence-corrected chi connectivity index (χ4v) is 3.26. The minimum absolute atomic E-state index is 0.0917. The van der Waals surface area contributed by atoms with E-state index in [-0.39, 0.29) is 17.8 Å². The van der Waals surface area contributed by atoms with Crippen molar-refractivity contribution >= 4 is 11.9 Å². The molecule has 0 bridgehead atoms. The second-order valence-electron chi connectivity index (χ2n) is 6.73. The Kier molecular flexibility index (Phi) is 7.75. The normalized spacial score (nSPS) is 20.2. The average molecular weight is 361 g/mol. The molecule has 1 N–H and O–H groups in total. The van der Waals surface area contributed by atoms with Gasteiger partial charge in [-0.1, -0.05) is 26.0 Å². The van der Waals surface area contributed by atoms with Crippen molar-refractivity contribution in [1.29, 1.82) is 0 Å². The first-order valence-corrected chi connectivity index (χ1v) is 9.34. The van der Waals surface area contributed by atoms with Crippen LogP contribution in [0.3, 0.4) is 0 Å². The number of guanidine groups is 1. The SMILES string of the molecule is CCCOc1cccc(CCNC(=NC)N2CC(C)C(C(=O)OC)C2)c1. The van der Waals surface area contributed by atoms with Crippen molar-refractivity contribution in [3.8, 4) is 5.75 Å². The summed E-state index contributed by atoms with van der Waals surface area (Å²) in [7, 11) is 3.22. The highest BCUT2D eigenvalue weighted by molar-refractivity contribution is 5.82. The zero-order valence-corrected chi connectivity index (χ0v) is 16.3. The third-order valence-corrected chi connectivity index (χ3v) is 4.70. The molecule has 2 unspecified atom stereocenters. The summed E-state index contributed by atoms with van der Waals surface area (Å²) in [5, 5.41) is 3.40. The zero-order valence-electron chi connectivity index (χ0n) is 16.3. The Bertz CT molecular complexity index is 618. The van der Waals surface area contributed by atoms with Crippen molar-refractivity contribution in [1.82, 2.24) is 10.2 Å². The Morgan fingerprint density at radius 1 is 1.38 bits per heavy atom. The quantitative estimate of drug-likeness (QED) is 0.459. The van der Waals surface area contributed by atoms with Crippen LogP contribution in [0.1, 0.15) is 25.8 Å². The molecule has 0 aliphatic carbocycles. The number of methoxy groups -OCH3 is 1. The summed E-state index contributed by atoms with van der Waals surface area (Å²) in [6.45, 7) is 7.15. The summed E-state index contributed by atoms with van der Waals surface area (Å²) >= 11 is 0. The Hall–Kier alpha value is -2.24. The first kappa shape index (κ1) is 20.1. The van der Waals surface area contributed by atoms with Gasteiger partial charge in [0.25, 0.3) is 0 Å². The molecule has 0 amide bonds. The number of nitrogens with zero attached hydrogens (tertiary/aromatic N) is 2. The average Bonchev–Trinajstić information content (AvgIpc) is 3.04. The number of ether oxygens (including phenoxy) is 2. The van der Waals surface area contributed by atoms with E-state index in [1.54, 1.807) is 7.05 Å². The molecule has 1 saturated heterocycles. The van der Waals surface area contributed by atoms with Crippen LogP contribution in [0.15, 0.2) is 29.3 Å². The number of carbonyl (C=O) groups excluding carboxylic acids is 1. The monoisotopic (exact) mass is 361 g/mol. The first-order valence-electron chi connectivity index (χ1n) is 9.34. The largest absolute Gasteiger partial charge is 0.494 e. The molecule has 1 aromatic carbocycles. The van der Waals surface area contributed by atoms with Gasteiger partial charge in [-0.3, -0.25) is 9.79 Å². The minimum Gasteiger partial charge on any atom is -0.494 e. The summed E-state index contributed by atoms with van der Waals surface area (Å²) < 4.78 is 10.6. The number of benzene rings is 1. The molecule has 0 saturated carbocycles. The van der Waals surface area contributed by atoms with Crippen LogP contribution in [0.5, 0.6) is 5.75 Å². The van der Waals surface area contributed by atoms with Gasteiger partial charge < -0.3 is 19.7 Å². The fraction of sp³-hybridized carbons (Fsp3) is 0.600. The molecule has 26 heavy (non-hydrogen) atoms. The van der Waals surface area contributed by atoms with E-state index in [1.165, 1.54) is 12.7 Å². The van der Waals surface area contributed by atoms with Crippen molar-refractivity contribution in [2.75, 3.05) is 40.4 Å². The number of nitrogens with one attached hydrogen (secondary N) is 1. The van der Waals surface area contributed by atoms with Crippen LogP contribution < -0.4 is 10.1 Å². The van der Waals surface area contributed by atoms with E-state index < -0.39 is 0 Å². The lowest BCUT2D eigenvalue weighted by atomic mass is 9.99. The van der Waals surface area contributed by atoms with Gasteiger partial charge in [0.05, 0.1) is 19.6 Å². The van der Waals surface area contributed by atoms with E-state index in [4.69, 9.17) is 9.47 Å². The Balaban J connectivity index is 1.85. The van der Waals surface area contributed by atoms with Crippen molar-refractivity contribution < 1.29 is 14.3 Å². The highest BCUT2D eigenvalue weighted by atomic mass is 16.5. The van der Waals surface area contributed by atoms with Crippen LogP contribution in [-0.4, -0.2) is 57.2 Å². The second-order valence-corrected chi connectivity index (χ2v) is 6.73. The summed E-state index contributed by atoms with van der Waals surface area (Å²) in [5.41, 5.74) is 1.23. The molecule has 1 fully saturated rings. The number of rotatable bonds is 7. The molecule has 6 heteroatoms. The van der Waals surface area contributed by atoms with Gasteiger partial charge in [-0.25, -0.2) is 0 Å². The molecule has 0 spiro atoms. The minimum atomic E-state index is -0.139. The second kappa shape index (κ2) is 10.0. The van der Waals surface area contributed by atoms with Gasteiger partial charge in [-0.05, 0) is 36.5 Å². The van der Waals surface area contributed by atoms with Crippen molar-refractivity contribution in [3.05, 3.63) is 29.8 Å². The van der Waals surface area contributed by atoms with Gasteiger partial charge in [-0.2, -0.15) is 0 Å². The molecule has 1 heterocycles. The molecular formula is C20H31N3O3. The summed E-state index contributed by atoms with van der Waals surface area (Å²) in [4.78, 5) is 18.4. The zero-order chi connectivity index (χ0) is 18.9. The highest BCUT2D eigenvalue weighted by Gasteiger charge is 2.36. The summed E-state index contributed by atoms with van der Waals surface area (Å²) in [6, 6.07) is 8.21. The number of hydrogen-bond acceptors (Lipinski definition) is 4. The molecule has 2 rings (SSSR count). The van der Waals surface area contributed by atoms with Crippen molar-refractivity contribution in [2.45, 2.75) is 26.7 Å². The van der Waals surface area contributed by atoms with Gasteiger partial charge >= 0.3 is 5.97 Å². The van der Waals surface area contributed by atoms with Crippen molar-refractivity contribution in [3.63, 3.8) is 0 Å². The van der Waals surface area contributed by atoms with E-state index in [0.29, 0.717) is 6.54 Å². The van der Waals surface area contributed by atoms with E-state index in [2.05, 4.69) is 41.2 Å². The first-order chi connectivity index (χ1) is 12.6. The van der Waals surface area contributed by atoms with Crippen LogP contribution >= 0.6 is 0 Å². The number of hydrogen-bond donors (Lipinski definition) is 1. The van der Waals surface area contributed by atoms with Gasteiger partial charge in [0, 0.05) is 26.7 Å². The maximum Gasteiger partial charge on any atom is 0.310 e. The van der Waals surface area contributed by atoms with E-state index in [1.807, 2.05) is 12.1 Å². The lowest BCUT2D eigenvalue weighted by molar-refractivity contribution is -0.145. The van der Waals surface area contributed by atoms with Crippen LogP contribution in [0.25, 0.3) is 0 Å². The van der Waals surface area contributed by atoms with Gasteiger partial charge in [0.15, 0.2) is 5.96 Å². The number of esters is 1. The van der Waals surface area contributed by atoms with Gasteiger partial charge in [0.2, 0.25) is 0 Å². The molecule has 6 nitrogen and oxygen atoms in total. The Morgan fingerprint density at radius 2 is 2.19 bits per heavy atom. The third kappa shape index (κ3) is 5.38. The Morgan fingerprint density at radius 3 is 2.88 bits per heavy atom. The standard InChI is InChI=1S/C20H31N3O3/c1-5-11-26-17-8-6-7-16(12-17)9-10-22-20(21-3)23-13-15(2)18(14-23)19(24)25-4/h6-8,12,15,18H,5,9-11,13-14H2,1-4H3,(H,21,22). The fourth-order valence-electron chi connectivity index (χ4n) is 3.26. The lowest BCUT2D eigenvalue weighted by Gasteiger charge is -2.21. The summed E-state index contributed by atoms with van der Waals surface area (Å²) in [6.07, 6.45) is 1.88. The maximum atomic E-state index is 11.9. The third-order valence-electron chi connectivity index (χ3n) is 4.70. The predicted octanol–water partition coefficient (Wildman–Crippen LogP) is 2.33. The number of carbonyl (C=O) groups is 1. The summed E-state index contributed by atoms with van der Waals surface area (Å²) in [5.74, 6) is 1.78. The van der Waals surface area contributed by atoms with E-state index in [0.717, 1.165) is 44.2 Å². The lowest BCUT2D eigenvalue weighted by Crippen LogP contribution is -2.41. The Labute approximate surface area is 156 Å². The van der Waals surface area contributed by atoms with Gasteiger partial charge in [0.1, 0.15) is 5.75 Å². The smallest absolute Gasteiger partial charge is 0.310 e. The molecule has 1 aromatic rings. The van der Waals surface area contributed by atoms with Crippen LogP contribution in [-0.2, 0) is 16.0 Å². The number of aliphatic imine (C=N–C) groups is 1. The molecule has 144 valence electrons. The van der Waals surface area contributed by atoms with Crippen LogP contribution in [0.2, 0.25) is 0 Å². The van der Waals surface area contributed by atoms with Crippen LogP contribution in [0.4, 0.5) is 0 Å². The van der Waals surface area contributed by atoms with E-state index >= 15 is 0 Å². The topological polar surface area (TPSA) is 63.2 Å². The molecule has 1 aliphatic rings. The molecule has 1 aliphatic heterocycles. The predicted molar refractivity (Wildman–Crippen MR) is 104 cm³/mol. The van der Waals surface area contributed by atoms with Gasteiger partial charge in [-0.15, -0.1) is 0 Å². The molecular weight excluding hydrogens is 330 g/mol. The maximum absolute atomic E-state index is 11.9. The molecule has 0 radical (unpaired) electrons. The van der Waals surface area contributed by atoms with Crippen LogP contribution in [0, 0.1) is 11.8 Å².